The van der Waals surface area contributed by atoms with Gasteiger partial charge >= 0.3 is 0 Å². The second-order valence-corrected chi connectivity index (χ2v) is 15.7. The zero-order valence-electron chi connectivity index (χ0n) is 32.2. The van der Waals surface area contributed by atoms with Crippen molar-refractivity contribution in [2.75, 3.05) is 5.75 Å². The lowest BCUT2D eigenvalue weighted by molar-refractivity contribution is -0.135. The topological polar surface area (TPSA) is 261 Å². The van der Waals surface area contributed by atoms with Crippen molar-refractivity contribution in [1.82, 2.24) is 31.9 Å². The van der Waals surface area contributed by atoms with Gasteiger partial charge in [-0.15, -0.1) is 0 Å². The third-order valence-corrected chi connectivity index (χ3v) is 10.0. The molecule has 7 amide bonds. The number of primary amides is 1. The molecule has 0 spiro atoms. The van der Waals surface area contributed by atoms with Crippen LogP contribution < -0.4 is 43.4 Å². The lowest BCUT2D eigenvalue weighted by Crippen LogP contribution is -2.61. The molecule has 0 bridgehead atoms. The van der Waals surface area contributed by atoms with Crippen LogP contribution in [0.25, 0.3) is 0 Å². The van der Waals surface area contributed by atoms with Crippen molar-refractivity contribution in [3.05, 3.63) is 35.9 Å². The van der Waals surface area contributed by atoms with Gasteiger partial charge in [0, 0.05) is 12.2 Å². The van der Waals surface area contributed by atoms with Crippen LogP contribution in [0.15, 0.2) is 30.3 Å². The summed E-state index contributed by atoms with van der Waals surface area (Å²) in [7, 11) is 0. The molecule has 8 atom stereocenters. The third kappa shape index (κ3) is 15.1. The molecule has 1 aromatic carbocycles. The van der Waals surface area contributed by atoms with E-state index in [1.54, 1.807) is 37.3 Å². The standard InChI is InChI=1S/C37H58N8O8S/c1-8-21(6)30(39)36(52)43-26(17-29(38)46)34(50)45-28-18-54-37(53)27(15-20(4)5)44-32(48)24(14-19(2)3)42-33(49)25(16-23-12-10-9-11-13-23)41-31(47)22(7)40-35(28)51/h9-13,19-22,24-28,30H,8,14-18,39H2,1-7H3,(H2,38,46)(H,40,51)(H,41,47)(H,42,49)(H,43,52)(H,44,48)(H,45,50)/t21-,22-,24-,25-,26-,27-,28-,30-/m0/s1. The highest BCUT2D eigenvalue weighted by Crippen LogP contribution is 2.17. The van der Waals surface area contributed by atoms with Crippen LogP contribution in [0, 0.1) is 17.8 Å². The van der Waals surface area contributed by atoms with Crippen molar-refractivity contribution in [2.45, 2.75) is 123 Å². The maximum absolute atomic E-state index is 13.8. The highest BCUT2D eigenvalue weighted by Gasteiger charge is 2.35. The number of nitrogens with two attached hydrogens (primary N) is 2. The molecule has 0 unspecified atom stereocenters. The summed E-state index contributed by atoms with van der Waals surface area (Å²) in [5.41, 5.74) is 12.1. The lowest BCUT2D eigenvalue weighted by Gasteiger charge is -2.29. The summed E-state index contributed by atoms with van der Waals surface area (Å²) in [5.74, 6) is -6.10. The fourth-order valence-corrected chi connectivity index (χ4v) is 6.50. The van der Waals surface area contributed by atoms with Gasteiger partial charge in [-0.25, -0.2) is 0 Å². The van der Waals surface area contributed by atoms with Crippen molar-refractivity contribution in [2.24, 2.45) is 29.2 Å². The molecule has 1 heterocycles. The van der Waals surface area contributed by atoms with Crippen molar-refractivity contribution in [3.63, 3.8) is 0 Å². The Morgan fingerprint density at radius 1 is 0.796 bits per heavy atom. The average molecular weight is 775 g/mol. The van der Waals surface area contributed by atoms with Gasteiger partial charge in [0.1, 0.15) is 30.2 Å². The molecule has 300 valence electrons. The second-order valence-electron chi connectivity index (χ2n) is 14.7. The summed E-state index contributed by atoms with van der Waals surface area (Å²) >= 11 is 0.673. The molecule has 1 saturated heterocycles. The monoisotopic (exact) mass is 774 g/mol. The van der Waals surface area contributed by atoms with Gasteiger partial charge in [-0.3, -0.25) is 38.4 Å². The van der Waals surface area contributed by atoms with E-state index in [4.69, 9.17) is 11.5 Å². The molecule has 1 aliphatic rings. The van der Waals surface area contributed by atoms with E-state index in [1.807, 2.05) is 34.6 Å². The fourth-order valence-electron chi connectivity index (χ4n) is 5.58. The molecule has 10 N–H and O–H groups in total. The first-order chi connectivity index (χ1) is 25.3. The Balaban J connectivity index is 2.54. The minimum Gasteiger partial charge on any atom is -0.370 e. The van der Waals surface area contributed by atoms with E-state index >= 15 is 0 Å². The summed E-state index contributed by atoms with van der Waals surface area (Å²) in [4.78, 5) is 107. The van der Waals surface area contributed by atoms with E-state index in [2.05, 4.69) is 31.9 Å². The van der Waals surface area contributed by atoms with Crippen LogP contribution in [-0.4, -0.2) is 94.5 Å². The maximum atomic E-state index is 13.8. The lowest BCUT2D eigenvalue weighted by atomic mass is 9.99. The van der Waals surface area contributed by atoms with Crippen molar-refractivity contribution < 1.29 is 38.4 Å². The quantitative estimate of drug-likeness (QED) is 0.123. The molecule has 0 radical (unpaired) electrons. The molecule has 0 aliphatic carbocycles. The molecule has 0 saturated carbocycles. The minimum absolute atomic E-state index is 0.0315. The SMILES string of the molecule is CC[C@H](C)[C@H](N)C(=O)N[C@@H](CC(N)=O)C(=O)N[C@H]1CSC(=O)[C@H](CC(C)C)NC(=O)[C@H](CC(C)C)NC(=O)[C@H](Cc2ccccc2)NC(=O)[C@H](C)NC1=O. The second kappa shape index (κ2) is 22.0. The Morgan fingerprint density at radius 2 is 1.35 bits per heavy atom. The van der Waals surface area contributed by atoms with E-state index in [0.717, 1.165) is 5.56 Å². The summed E-state index contributed by atoms with van der Waals surface area (Å²) < 4.78 is 0. The summed E-state index contributed by atoms with van der Waals surface area (Å²) in [6.07, 6.45) is 0.484. The molecule has 1 aliphatic heterocycles. The zero-order chi connectivity index (χ0) is 40.7. The normalized spacial score (nSPS) is 23.7. The smallest absolute Gasteiger partial charge is 0.244 e. The van der Waals surface area contributed by atoms with Gasteiger partial charge in [-0.1, -0.05) is 90.1 Å². The Labute approximate surface area is 321 Å². The molecule has 1 aromatic rings. The molecule has 2 rings (SSSR count). The fraction of sp³-hybridized carbons (Fsp3) is 0.622. The Morgan fingerprint density at radius 3 is 1.93 bits per heavy atom. The Kier molecular flexibility index (Phi) is 18.6. The number of nitrogens with one attached hydrogen (secondary N) is 6. The van der Waals surface area contributed by atoms with E-state index in [-0.39, 0.29) is 42.8 Å². The number of amides is 7. The number of carbonyl (C=O) groups is 8. The Bertz CT molecular complexity index is 1490. The van der Waals surface area contributed by atoms with E-state index in [0.29, 0.717) is 18.2 Å². The molecule has 16 nitrogen and oxygen atoms in total. The van der Waals surface area contributed by atoms with E-state index in [1.165, 1.54) is 6.92 Å². The van der Waals surface area contributed by atoms with Crippen LogP contribution in [0.4, 0.5) is 0 Å². The maximum Gasteiger partial charge on any atom is 0.244 e. The van der Waals surface area contributed by atoms with Crippen LogP contribution in [0.3, 0.4) is 0 Å². The highest BCUT2D eigenvalue weighted by atomic mass is 32.2. The average Bonchev–Trinajstić information content (AvgIpc) is 3.10. The van der Waals surface area contributed by atoms with Crippen LogP contribution in [-0.2, 0) is 44.8 Å². The van der Waals surface area contributed by atoms with Gasteiger partial charge in [-0.05, 0) is 43.1 Å². The third-order valence-electron chi connectivity index (χ3n) is 8.94. The van der Waals surface area contributed by atoms with Crippen LogP contribution in [0.5, 0.6) is 0 Å². The molecule has 54 heavy (non-hydrogen) atoms. The van der Waals surface area contributed by atoms with E-state index < -0.39 is 95.2 Å². The predicted molar refractivity (Wildman–Crippen MR) is 205 cm³/mol. The Hall–Kier alpha value is -4.51. The van der Waals surface area contributed by atoms with Gasteiger partial charge in [0.15, 0.2) is 0 Å². The summed E-state index contributed by atoms with van der Waals surface area (Å²) in [6, 6.07) is 0.465. The number of carbonyl (C=O) groups excluding carboxylic acids is 8. The van der Waals surface area contributed by atoms with Gasteiger partial charge in [-0.2, -0.15) is 0 Å². The van der Waals surface area contributed by atoms with E-state index in [9.17, 15) is 38.4 Å². The molecule has 1 fully saturated rings. The van der Waals surface area contributed by atoms with Crippen molar-refractivity contribution in [3.8, 4) is 0 Å². The number of hydrogen-bond acceptors (Lipinski definition) is 10. The predicted octanol–water partition coefficient (Wildman–Crippen LogP) is -0.228. The number of thioether (sulfide) groups is 1. The van der Waals surface area contributed by atoms with Crippen LogP contribution in [0.2, 0.25) is 0 Å². The molecular formula is C37H58N8O8S. The number of hydrogen-bond donors (Lipinski definition) is 8. The number of benzene rings is 1. The minimum atomic E-state index is -1.51. The first kappa shape index (κ1) is 45.6. The molecule has 0 aromatic heterocycles. The van der Waals surface area contributed by atoms with Gasteiger partial charge in [0.2, 0.25) is 46.5 Å². The van der Waals surface area contributed by atoms with Crippen molar-refractivity contribution >= 4 is 58.2 Å². The largest absolute Gasteiger partial charge is 0.370 e. The zero-order valence-corrected chi connectivity index (χ0v) is 33.0. The first-order valence-corrected chi connectivity index (χ1v) is 19.4. The highest BCUT2D eigenvalue weighted by molar-refractivity contribution is 8.13. The van der Waals surface area contributed by atoms with Gasteiger partial charge in [0.05, 0.1) is 18.5 Å². The summed E-state index contributed by atoms with van der Waals surface area (Å²) in [5, 5.41) is 15.2. The number of rotatable bonds is 14. The van der Waals surface area contributed by atoms with Crippen molar-refractivity contribution in [1.29, 1.82) is 0 Å². The van der Waals surface area contributed by atoms with Gasteiger partial charge < -0.3 is 43.4 Å². The molecule has 17 heteroatoms. The first-order valence-electron chi connectivity index (χ1n) is 18.4. The summed E-state index contributed by atoms with van der Waals surface area (Å²) in [6.45, 7) is 12.5. The van der Waals surface area contributed by atoms with Gasteiger partial charge in [0.25, 0.3) is 0 Å². The van der Waals surface area contributed by atoms with Crippen LogP contribution >= 0.6 is 11.8 Å². The van der Waals surface area contributed by atoms with Crippen LogP contribution in [0.1, 0.15) is 79.7 Å². The molecular weight excluding hydrogens is 717 g/mol.